The minimum Gasteiger partial charge on any atom is -0.282 e. The van der Waals surface area contributed by atoms with Crippen molar-refractivity contribution in [3.8, 4) is 0 Å². The molecule has 2 aromatic carbocycles. The summed E-state index contributed by atoms with van der Waals surface area (Å²) in [6.45, 7) is 0.376. The summed E-state index contributed by atoms with van der Waals surface area (Å²) in [6, 6.07) is 19.1. The number of hydrogen-bond donors (Lipinski definition) is 0. The Morgan fingerprint density at radius 2 is 1.87 bits per heavy atom. The highest BCUT2D eigenvalue weighted by Crippen LogP contribution is 2.34. The van der Waals surface area contributed by atoms with E-state index < -0.39 is 0 Å². The lowest BCUT2D eigenvalue weighted by Gasteiger charge is -2.19. The number of nitrogens with zero attached hydrogens (tertiary/aromatic N) is 3. The smallest absolute Gasteiger partial charge is 0.229 e. The lowest BCUT2D eigenvalue weighted by Crippen LogP contribution is -2.30. The summed E-state index contributed by atoms with van der Waals surface area (Å²) in [6.07, 6.45) is 2.92. The second-order valence-corrected chi connectivity index (χ2v) is 9.81. The molecule has 0 unspecified atom stereocenters. The molecule has 0 N–H and O–H groups in total. The number of carbonyl (C=O) groups excluding carboxylic acids is 1. The maximum absolute atomic E-state index is 13.2. The van der Waals surface area contributed by atoms with Crippen molar-refractivity contribution >= 4 is 67.6 Å². The molecule has 0 saturated heterocycles. The van der Waals surface area contributed by atoms with E-state index in [-0.39, 0.29) is 5.91 Å². The van der Waals surface area contributed by atoms with Crippen LogP contribution in [-0.2, 0) is 11.3 Å². The van der Waals surface area contributed by atoms with Crippen LogP contribution in [0.2, 0.25) is 10.0 Å². The van der Waals surface area contributed by atoms with Crippen molar-refractivity contribution < 1.29 is 4.79 Å². The second kappa shape index (κ2) is 10.5. The van der Waals surface area contributed by atoms with Crippen LogP contribution in [0.15, 0.2) is 71.8 Å². The molecule has 0 aliphatic carbocycles. The Balaban J connectivity index is 1.47. The Bertz CT molecular complexity index is 1170. The second-order valence-electron chi connectivity index (χ2n) is 6.79. The Hall–Kier alpha value is -2.12. The predicted molar refractivity (Wildman–Crippen MR) is 131 cm³/mol. The van der Waals surface area contributed by atoms with E-state index in [1.807, 2.05) is 60.7 Å². The maximum atomic E-state index is 13.2. The summed E-state index contributed by atoms with van der Waals surface area (Å²) in [5, 5.41) is 1.95. The fourth-order valence-corrected chi connectivity index (χ4v) is 5.27. The molecular formula is C23H19Cl2N3OS2. The molecule has 0 saturated carbocycles. The van der Waals surface area contributed by atoms with Crippen LogP contribution in [0.1, 0.15) is 18.5 Å². The number of hydrogen-bond acceptors (Lipinski definition) is 5. The number of amides is 1. The van der Waals surface area contributed by atoms with Gasteiger partial charge < -0.3 is 0 Å². The Labute approximate surface area is 199 Å². The molecule has 0 atom stereocenters. The third-order valence-corrected chi connectivity index (χ3v) is 7.25. The molecule has 0 bridgehead atoms. The van der Waals surface area contributed by atoms with Gasteiger partial charge in [0.05, 0.1) is 22.0 Å². The van der Waals surface area contributed by atoms with Crippen molar-refractivity contribution in [3.05, 3.63) is 82.6 Å². The van der Waals surface area contributed by atoms with Crippen LogP contribution >= 0.6 is 46.3 Å². The van der Waals surface area contributed by atoms with Gasteiger partial charge in [0.1, 0.15) is 5.52 Å². The van der Waals surface area contributed by atoms with Crippen molar-refractivity contribution in [2.24, 2.45) is 0 Å². The number of rotatable bonds is 8. The molecule has 4 rings (SSSR count). The number of fused-ring (bicyclic) bond motifs is 1. The SMILES string of the molecule is O=C(CCCSc1ccc(Cl)cc1)N(Cc1ccccn1)c1nc2c(Cl)cccc2s1. The zero-order valence-electron chi connectivity index (χ0n) is 16.5. The number of carbonyl (C=O) groups is 1. The fraction of sp³-hybridized carbons (Fsp3) is 0.174. The number of para-hydroxylation sites is 1. The number of benzene rings is 2. The third-order valence-electron chi connectivity index (χ3n) is 4.55. The van der Waals surface area contributed by atoms with Gasteiger partial charge in [-0.25, -0.2) is 4.98 Å². The highest BCUT2D eigenvalue weighted by Gasteiger charge is 2.21. The Morgan fingerprint density at radius 3 is 2.61 bits per heavy atom. The van der Waals surface area contributed by atoms with Crippen molar-refractivity contribution in [1.29, 1.82) is 0 Å². The quantitative estimate of drug-likeness (QED) is 0.196. The first kappa shape index (κ1) is 22.1. The van der Waals surface area contributed by atoms with Gasteiger partial charge in [-0.3, -0.25) is 14.7 Å². The van der Waals surface area contributed by atoms with E-state index in [0.717, 1.165) is 38.0 Å². The van der Waals surface area contributed by atoms with E-state index >= 15 is 0 Å². The molecule has 0 spiro atoms. The van der Waals surface area contributed by atoms with Gasteiger partial charge >= 0.3 is 0 Å². The van der Waals surface area contributed by atoms with Crippen LogP contribution in [0.25, 0.3) is 10.2 Å². The van der Waals surface area contributed by atoms with E-state index in [2.05, 4.69) is 9.97 Å². The lowest BCUT2D eigenvalue weighted by molar-refractivity contribution is -0.118. The zero-order chi connectivity index (χ0) is 21.6. The Morgan fingerprint density at radius 1 is 1.03 bits per heavy atom. The van der Waals surface area contributed by atoms with Crippen molar-refractivity contribution in [2.75, 3.05) is 10.7 Å². The average molecular weight is 488 g/mol. The topological polar surface area (TPSA) is 46.1 Å². The molecule has 0 aliphatic rings. The summed E-state index contributed by atoms with van der Waals surface area (Å²) in [4.78, 5) is 25.1. The van der Waals surface area contributed by atoms with Gasteiger partial charge in [-0.15, -0.1) is 11.8 Å². The van der Waals surface area contributed by atoms with Gasteiger partial charge in [0.25, 0.3) is 0 Å². The van der Waals surface area contributed by atoms with Gasteiger partial charge in [0.15, 0.2) is 5.13 Å². The molecule has 0 aliphatic heterocycles. The lowest BCUT2D eigenvalue weighted by atomic mass is 10.2. The summed E-state index contributed by atoms with van der Waals surface area (Å²) in [5.74, 6) is 0.869. The summed E-state index contributed by atoms with van der Waals surface area (Å²) in [7, 11) is 0. The normalized spacial score (nSPS) is 11.0. The van der Waals surface area contributed by atoms with Gasteiger partial charge in [0.2, 0.25) is 5.91 Å². The van der Waals surface area contributed by atoms with Gasteiger partial charge in [-0.2, -0.15) is 0 Å². The molecule has 0 fully saturated rings. The van der Waals surface area contributed by atoms with Gasteiger partial charge in [-0.1, -0.05) is 46.7 Å². The van der Waals surface area contributed by atoms with Gasteiger partial charge in [-0.05, 0) is 60.7 Å². The minimum absolute atomic E-state index is 0.0255. The Kier molecular flexibility index (Phi) is 7.45. The average Bonchev–Trinajstić information content (AvgIpc) is 3.22. The van der Waals surface area contributed by atoms with E-state index in [0.29, 0.717) is 23.1 Å². The molecule has 2 heterocycles. The van der Waals surface area contributed by atoms with Crippen LogP contribution in [0.3, 0.4) is 0 Å². The van der Waals surface area contributed by atoms with Crippen LogP contribution in [0.4, 0.5) is 5.13 Å². The zero-order valence-corrected chi connectivity index (χ0v) is 19.6. The number of anilines is 1. The molecule has 158 valence electrons. The number of thiazole rings is 1. The molecule has 8 heteroatoms. The van der Waals surface area contributed by atoms with Gasteiger partial charge in [0, 0.05) is 22.5 Å². The number of aromatic nitrogens is 2. The number of thioether (sulfide) groups is 1. The standard InChI is InChI=1S/C23H19Cl2N3OS2/c24-16-9-11-18(12-10-16)30-14-4-8-21(29)28(15-17-5-1-2-13-26-17)23-27-22-19(25)6-3-7-20(22)31-23/h1-3,5-7,9-13H,4,8,14-15H2. The van der Waals surface area contributed by atoms with Crippen LogP contribution in [-0.4, -0.2) is 21.6 Å². The monoisotopic (exact) mass is 487 g/mol. The number of halogens is 2. The van der Waals surface area contributed by atoms with E-state index in [9.17, 15) is 4.79 Å². The molecular weight excluding hydrogens is 469 g/mol. The van der Waals surface area contributed by atoms with E-state index in [1.165, 1.54) is 11.3 Å². The van der Waals surface area contributed by atoms with Crippen LogP contribution < -0.4 is 4.90 Å². The first-order valence-corrected chi connectivity index (χ1v) is 12.3. The van der Waals surface area contributed by atoms with Crippen molar-refractivity contribution in [1.82, 2.24) is 9.97 Å². The van der Waals surface area contributed by atoms with E-state index in [4.69, 9.17) is 23.2 Å². The minimum atomic E-state index is 0.0255. The number of pyridine rings is 1. The highest BCUT2D eigenvalue weighted by molar-refractivity contribution is 7.99. The summed E-state index contributed by atoms with van der Waals surface area (Å²) >= 11 is 15.4. The molecule has 4 aromatic rings. The summed E-state index contributed by atoms with van der Waals surface area (Å²) < 4.78 is 0.958. The summed E-state index contributed by atoms with van der Waals surface area (Å²) in [5.41, 5.74) is 1.54. The molecule has 4 nitrogen and oxygen atoms in total. The van der Waals surface area contributed by atoms with Crippen LogP contribution in [0, 0.1) is 0 Å². The molecule has 31 heavy (non-hydrogen) atoms. The largest absolute Gasteiger partial charge is 0.282 e. The fourth-order valence-electron chi connectivity index (χ4n) is 3.01. The van der Waals surface area contributed by atoms with Crippen molar-refractivity contribution in [3.63, 3.8) is 0 Å². The molecule has 2 aromatic heterocycles. The molecule has 1 amide bonds. The first-order valence-electron chi connectivity index (χ1n) is 9.74. The molecule has 0 radical (unpaired) electrons. The highest BCUT2D eigenvalue weighted by atomic mass is 35.5. The first-order chi connectivity index (χ1) is 15.1. The third kappa shape index (κ3) is 5.77. The van der Waals surface area contributed by atoms with E-state index in [1.54, 1.807) is 22.9 Å². The van der Waals surface area contributed by atoms with Crippen LogP contribution in [0.5, 0.6) is 0 Å². The maximum Gasteiger partial charge on any atom is 0.229 e. The van der Waals surface area contributed by atoms with Crippen molar-refractivity contribution in [2.45, 2.75) is 24.3 Å². The predicted octanol–water partition coefficient (Wildman–Crippen LogP) is 7.10.